The first-order chi connectivity index (χ1) is 23.2. The number of rotatable bonds is 13. The number of hydrogen-bond acceptors (Lipinski definition) is 9. The van der Waals surface area contributed by atoms with Crippen LogP contribution in [0.5, 0.6) is 0 Å². The van der Waals surface area contributed by atoms with E-state index in [1.54, 1.807) is 16.8 Å². The maximum Gasteiger partial charge on any atom is 0.241 e. The van der Waals surface area contributed by atoms with Crippen LogP contribution in [0.3, 0.4) is 0 Å². The second kappa shape index (κ2) is 14.9. The van der Waals surface area contributed by atoms with Gasteiger partial charge in [0.25, 0.3) is 0 Å². The highest BCUT2D eigenvalue weighted by Gasteiger charge is 2.73. The Bertz CT molecular complexity index is 1530. The number of nitrogens with zero attached hydrogens (tertiary/aromatic N) is 2. The summed E-state index contributed by atoms with van der Waals surface area (Å²) in [6.45, 7) is 15.3. The molecule has 1 saturated heterocycles. The zero-order valence-corrected chi connectivity index (χ0v) is 35.0. The lowest BCUT2D eigenvalue weighted by molar-refractivity contribution is -0.153. The summed E-state index contributed by atoms with van der Waals surface area (Å²) >= 11 is 26.9. The molecule has 1 aromatic carbocycles. The van der Waals surface area contributed by atoms with Crippen LogP contribution in [0.25, 0.3) is 0 Å². The molecule has 0 radical (unpaired) electrons. The van der Waals surface area contributed by atoms with E-state index in [1.165, 1.54) is 6.08 Å². The quantitative estimate of drug-likeness (QED) is 0.0398. The van der Waals surface area contributed by atoms with Gasteiger partial charge in [-0.15, -0.1) is 12.6 Å². The molecule has 2 aliphatic heterocycles. The number of nitrogens with one attached hydrogen (secondary N) is 1. The number of anilines is 1. The Labute approximate surface area is 327 Å². The summed E-state index contributed by atoms with van der Waals surface area (Å²) in [4.78, 5) is 32.1. The summed E-state index contributed by atoms with van der Waals surface area (Å²) in [6, 6.07) is 7.71. The zero-order chi connectivity index (χ0) is 37.7. The van der Waals surface area contributed by atoms with Gasteiger partial charge in [0, 0.05) is 29.6 Å². The third kappa shape index (κ3) is 6.41. The van der Waals surface area contributed by atoms with Crippen LogP contribution in [-0.2, 0) is 15.0 Å². The number of unbranched alkanes of at least 4 members (excludes halogenated alkanes) is 2. The number of para-hydroxylation sites is 1. The maximum absolute atomic E-state index is 15.5. The maximum atomic E-state index is 15.5. The molecule has 1 aromatic rings. The zero-order valence-electron chi connectivity index (χ0n) is 30.6. The molecule has 50 heavy (non-hydrogen) atoms. The third-order valence-electron chi connectivity index (χ3n) is 12.3. The molecular formula is C38H57FN4O2S5. The topological polar surface area (TPSA) is 78.7 Å². The minimum atomic E-state index is -1.49. The SMILES string of the molecule is C=C/C(F)=C\CCC(C)(S)N(C(=O)C(S)(CC)CCCCC)[C@@](C)(N)[C@@]12c3ccccc3NC1CCC1C(=S)[C@](C)(S)N(C)C(=O)[C@@]1(S)[C@H]2C. The van der Waals surface area contributed by atoms with E-state index in [0.29, 0.717) is 37.0 Å². The monoisotopic (exact) mass is 780 g/mol. The van der Waals surface area contributed by atoms with E-state index in [9.17, 15) is 9.18 Å². The van der Waals surface area contributed by atoms with Crippen molar-refractivity contribution >= 4 is 85.1 Å². The van der Waals surface area contributed by atoms with Crippen LogP contribution in [0.2, 0.25) is 0 Å². The molecule has 4 rings (SSSR count). The van der Waals surface area contributed by atoms with Gasteiger partial charge in [-0.1, -0.05) is 77.0 Å². The molecule has 4 unspecified atom stereocenters. The van der Waals surface area contributed by atoms with Gasteiger partial charge in [-0.3, -0.25) is 9.59 Å². The van der Waals surface area contributed by atoms with Crippen LogP contribution in [0.4, 0.5) is 10.1 Å². The summed E-state index contributed by atoms with van der Waals surface area (Å²) in [7, 11) is 1.73. The lowest BCUT2D eigenvalue weighted by atomic mass is 9.55. The molecule has 12 heteroatoms. The third-order valence-corrected chi connectivity index (χ3v) is 15.7. The van der Waals surface area contributed by atoms with Crippen LogP contribution in [0.1, 0.15) is 105 Å². The number of amides is 2. The second-order valence-corrected chi connectivity index (χ2v) is 19.1. The highest BCUT2D eigenvalue weighted by molar-refractivity contribution is 7.88. The molecule has 2 fully saturated rings. The number of thiol groups is 4. The Kier molecular flexibility index (Phi) is 12.4. The number of halogens is 1. The number of thiocarbonyl (C=S) groups is 1. The number of piperidine rings is 1. The molecule has 278 valence electrons. The predicted molar refractivity (Wildman–Crippen MR) is 223 cm³/mol. The lowest BCUT2D eigenvalue weighted by Gasteiger charge is -2.63. The fourth-order valence-electron chi connectivity index (χ4n) is 9.29. The van der Waals surface area contributed by atoms with E-state index in [4.69, 9.17) is 68.5 Å². The first-order valence-electron chi connectivity index (χ1n) is 17.9. The van der Waals surface area contributed by atoms with Gasteiger partial charge in [-0.2, -0.15) is 37.9 Å². The summed E-state index contributed by atoms with van der Waals surface area (Å²) in [5.41, 5.74) is 7.19. The lowest BCUT2D eigenvalue weighted by Crippen LogP contribution is -2.80. The Hall–Kier alpha value is -1.18. The number of likely N-dealkylation sites (tertiary alicyclic amines) is 1. The van der Waals surface area contributed by atoms with E-state index in [0.717, 1.165) is 36.6 Å². The summed E-state index contributed by atoms with van der Waals surface area (Å²) in [6.07, 6.45) is 8.18. The first kappa shape index (κ1) is 41.6. The molecule has 1 saturated carbocycles. The van der Waals surface area contributed by atoms with Crippen LogP contribution >= 0.6 is 62.7 Å². The minimum absolute atomic E-state index is 0.183. The number of carbonyl (C=O) groups excluding carboxylic acids is 2. The fourth-order valence-corrected chi connectivity index (χ4v) is 11.4. The van der Waals surface area contributed by atoms with E-state index < -0.39 is 42.1 Å². The number of benzene rings is 1. The molecular weight excluding hydrogens is 724 g/mol. The molecule has 0 aromatic heterocycles. The molecule has 1 aliphatic carbocycles. The van der Waals surface area contributed by atoms with Gasteiger partial charge in [0.05, 0.1) is 15.0 Å². The van der Waals surface area contributed by atoms with Crippen molar-refractivity contribution in [3.05, 3.63) is 54.4 Å². The largest absolute Gasteiger partial charge is 0.381 e. The molecule has 6 nitrogen and oxygen atoms in total. The fraction of sp³-hybridized carbons (Fsp3) is 0.658. The minimum Gasteiger partial charge on any atom is -0.381 e. The van der Waals surface area contributed by atoms with Gasteiger partial charge >= 0.3 is 0 Å². The number of hydrogen-bond donors (Lipinski definition) is 6. The molecule has 2 amide bonds. The van der Waals surface area contributed by atoms with Gasteiger partial charge in [0.15, 0.2) is 0 Å². The normalized spacial score (nSPS) is 33.1. The van der Waals surface area contributed by atoms with Gasteiger partial charge in [0.2, 0.25) is 11.8 Å². The number of allylic oxidation sites excluding steroid dienone is 3. The molecule has 9 atom stereocenters. The van der Waals surface area contributed by atoms with Crippen molar-refractivity contribution in [2.24, 2.45) is 17.6 Å². The Morgan fingerprint density at radius 1 is 1.20 bits per heavy atom. The molecule has 0 bridgehead atoms. The molecule has 2 heterocycles. The van der Waals surface area contributed by atoms with E-state index in [-0.39, 0.29) is 30.2 Å². The van der Waals surface area contributed by atoms with Crippen molar-refractivity contribution in [1.29, 1.82) is 0 Å². The highest BCUT2D eigenvalue weighted by Crippen LogP contribution is 2.64. The van der Waals surface area contributed by atoms with Crippen molar-refractivity contribution in [2.75, 3.05) is 12.4 Å². The number of carbonyl (C=O) groups is 2. The predicted octanol–water partition coefficient (Wildman–Crippen LogP) is 8.55. The van der Waals surface area contributed by atoms with E-state index in [1.807, 2.05) is 52.8 Å². The highest BCUT2D eigenvalue weighted by atomic mass is 32.1. The summed E-state index contributed by atoms with van der Waals surface area (Å²) < 4.78 is 12.0. The van der Waals surface area contributed by atoms with Gasteiger partial charge < -0.3 is 20.9 Å². The summed E-state index contributed by atoms with van der Waals surface area (Å²) in [5, 5.41) is 3.79. The van der Waals surface area contributed by atoms with Crippen LogP contribution in [-0.4, -0.2) is 64.5 Å². The van der Waals surface area contributed by atoms with Crippen molar-refractivity contribution in [1.82, 2.24) is 9.80 Å². The molecule has 0 spiro atoms. The van der Waals surface area contributed by atoms with Crippen molar-refractivity contribution < 1.29 is 14.0 Å². The van der Waals surface area contributed by atoms with Crippen LogP contribution in [0, 0.1) is 11.8 Å². The Balaban J connectivity index is 2.05. The van der Waals surface area contributed by atoms with E-state index in [2.05, 4.69) is 24.9 Å². The first-order valence-corrected chi connectivity index (χ1v) is 20.1. The Morgan fingerprint density at radius 3 is 2.44 bits per heavy atom. The van der Waals surface area contributed by atoms with Gasteiger partial charge in [-0.05, 0) is 89.0 Å². The van der Waals surface area contributed by atoms with Crippen molar-refractivity contribution in [3.63, 3.8) is 0 Å². The molecule has 3 aliphatic rings. The van der Waals surface area contributed by atoms with Gasteiger partial charge in [0.1, 0.15) is 21.1 Å². The number of fused-ring (bicyclic) bond motifs is 4. The summed E-state index contributed by atoms with van der Waals surface area (Å²) in [5.74, 6) is -1.81. The Morgan fingerprint density at radius 2 is 1.84 bits per heavy atom. The van der Waals surface area contributed by atoms with Crippen LogP contribution in [0.15, 0.2) is 48.8 Å². The number of nitrogens with two attached hydrogens (primary N) is 1. The standard InChI is InChI=1S/C38H57FN4O2S5/c1-9-12-15-23-36(49,11-3)31(44)43(33(5,47)22-16-17-25(39)10-2)35(7,40)37-24(4)38(50)27(30(46)34(6,48)42(8)32(38)45)20-21-29(37)41-28-19-14-13-18-26(28)37/h10,13-14,17-19,24,27,29,41,47-50H,2,9,11-12,15-16,20-23,40H2,1,3-8H3/b25-17+/t24-,27?,29?,33?,34-,35+,36?,37-,38+/m0/s1. The second-order valence-electron chi connectivity index (χ2n) is 15.2. The van der Waals surface area contributed by atoms with Crippen molar-refractivity contribution in [2.45, 2.75) is 136 Å². The molecule has 3 N–H and O–H groups in total. The van der Waals surface area contributed by atoms with Crippen LogP contribution < -0.4 is 11.1 Å². The average molecular weight is 781 g/mol. The van der Waals surface area contributed by atoms with Crippen molar-refractivity contribution in [3.8, 4) is 0 Å². The smallest absolute Gasteiger partial charge is 0.241 e. The van der Waals surface area contributed by atoms with Gasteiger partial charge in [-0.25, -0.2) is 4.39 Å². The average Bonchev–Trinajstić information content (AvgIpc) is 3.36. The van der Waals surface area contributed by atoms with E-state index >= 15 is 4.79 Å².